The van der Waals surface area contributed by atoms with E-state index >= 15 is 0 Å². The Morgan fingerprint density at radius 2 is 2.00 bits per heavy atom. The number of thiazole rings is 1. The number of hydrogen-bond donors (Lipinski definition) is 1. The molecule has 21 heavy (non-hydrogen) atoms. The van der Waals surface area contributed by atoms with Crippen molar-refractivity contribution in [3.05, 3.63) is 52.6 Å². The van der Waals surface area contributed by atoms with Gasteiger partial charge >= 0.3 is 0 Å². The van der Waals surface area contributed by atoms with E-state index < -0.39 is 0 Å². The fourth-order valence-electron chi connectivity index (χ4n) is 1.82. The Kier molecular flexibility index (Phi) is 4.08. The minimum absolute atomic E-state index is 0.431. The maximum absolute atomic E-state index is 5.91. The fourth-order valence-corrected chi connectivity index (χ4v) is 2.87. The molecule has 3 aromatic rings. The average Bonchev–Trinajstić information content (AvgIpc) is 2.94. The molecule has 0 fully saturated rings. The summed E-state index contributed by atoms with van der Waals surface area (Å²) in [5.41, 5.74) is 2.03. The molecule has 1 N–H and O–H groups in total. The van der Waals surface area contributed by atoms with Gasteiger partial charge in [-0.1, -0.05) is 11.6 Å². The van der Waals surface area contributed by atoms with Crippen molar-refractivity contribution >= 4 is 28.8 Å². The van der Waals surface area contributed by atoms with E-state index in [2.05, 4.69) is 25.3 Å². The van der Waals surface area contributed by atoms with Crippen molar-refractivity contribution < 1.29 is 0 Å². The van der Waals surface area contributed by atoms with Gasteiger partial charge < -0.3 is 5.32 Å². The number of aromatic nitrogens is 4. The van der Waals surface area contributed by atoms with E-state index in [1.165, 1.54) is 0 Å². The first-order chi connectivity index (χ1) is 10.2. The molecule has 3 rings (SSSR count). The summed E-state index contributed by atoms with van der Waals surface area (Å²) in [4.78, 5) is 16.9. The number of nitrogens with zero attached hydrogens (tertiary/aromatic N) is 4. The van der Waals surface area contributed by atoms with Gasteiger partial charge in [-0.25, -0.2) is 15.0 Å². The van der Waals surface area contributed by atoms with E-state index in [-0.39, 0.29) is 0 Å². The topological polar surface area (TPSA) is 63.6 Å². The normalized spacial score (nSPS) is 10.6. The van der Waals surface area contributed by atoms with Crippen LogP contribution in [0.15, 0.2) is 36.0 Å². The smallest absolute Gasteiger partial charge is 0.134 e. The second-order valence-corrected chi connectivity index (χ2v) is 5.60. The van der Waals surface area contributed by atoms with Crippen LogP contribution in [0.5, 0.6) is 0 Å². The first kappa shape index (κ1) is 13.9. The summed E-state index contributed by atoms with van der Waals surface area (Å²) in [6.07, 6.45) is 3.53. The largest absolute Gasteiger partial charge is 0.364 e. The van der Waals surface area contributed by atoms with Gasteiger partial charge in [-0.2, -0.15) is 0 Å². The highest BCUT2D eigenvalue weighted by Gasteiger charge is 2.05. The Hall–Kier alpha value is -2.05. The molecule has 0 aromatic carbocycles. The first-order valence-electron chi connectivity index (χ1n) is 6.30. The van der Waals surface area contributed by atoms with Crippen molar-refractivity contribution in [2.45, 2.75) is 13.5 Å². The lowest BCUT2D eigenvalue weighted by Crippen LogP contribution is -2.03. The fraction of sp³-hybridized carbons (Fsp3) is 0.143. The number of halogens is 1. The van der Waals surface area contributed by atoms with Crippen LogP contribution in [0.2, 0.25) is 5.15 Å². The predicted molar refractivity (Wildman–Crippen MR) is 84.5 cm³/mol. The molecule has 0 bridgehead atoms. The van der Waals surface area contributed by atoms with Crippen LogP contribution in [-0.4, -0.2) is 19.9 Å². The molecule has 0 atom stereocenters. The summed E-state index contributed by atoms with van der Waals surface area (Å²) in [7, 11) is 0. The van der Waals surface area contributed by atoms with Crippen molar-refractivity contribution in [1.29, 1.82) is 0 Å². The number of aryl methyl sites for hydroxylation is 1. The van der Waals surface area contributed by atoms with E-state index in [0.29, 0.717) is 23.3 Å². The number of nitrogens with one attached hydrogen (secondary N) is 1. The maximum atomic E-state index is 5.91. The van der Waals surface area contributed by atoms with Crippen LogP contribution in [0, 0.1) is 6.92 Å². The molecule has 0 unspecified atom stereocenters. The Bertz CT molecular complexity index is 724. The van der Waals surface area contributed by atoms with Crippen LogP contribution in [-0.2, 0) is 6.54 Å². The molecule has 0 aliphatic heterocycles. The van der Waals surface area contributed by atoms with Crippen molar-refractivity contribution in [3.63, 3.8) is 0 Å². The molecular formula is C14H12ClN5S. The highest BCUT2D eigenvalue weighted by Crippen LogP contribution is 2.23. The van der Waals surface area contributed by atoms with E-state index in [4.69, 9.17) is 11.6 Å². The molecule has 0 saturated heterocycles. The van der Waals surface area contributed by atoms with Crippen LogP contribution in [0.1, 0.15) is 11.5 Å². The Balaban J connectivity index is 1.70. The van der Waals surface area contributed by atoms with E-state index in [1.54, 1.807) is 36.7 Å². The molecule has 0 spiro atoms. The molecule has 5 nitrogen and oxygen atoms in total. The Morgan fingerprint density at radius 3 is 2.76 bits per heavy atom. The lowest BCUT2D eigenvalue weighted by atomic mass is 10.3. The SMILES string of the molecule is Cc1nc(Cl)cc(NCc2csc(-c3ccncc3)n2)n1. The molecular weight excluding hydrogens is 306 g/mol. The number of anilines is 1. The van der Waals surface area contributed by atoms with Gasteiger partial charge in [0.15, 0.2) is 0 Å². The first-order valence-corrected chi connectivity index (χ1v) is 7.56. The lowest BCUT2D eigenvalue weighted by Gasteiger charge is -2.04. The summed E-state index contributed by atoms with van der Waals surface area (Å²) in [6.45, 7) is 2.40. The molecule has 0 saturated carbocycles. The zero-order valence-corrected chi connectivity index (χ0v) is 12.8. The molecule has 106 valence electrons. The number of rotatable bonds is 4. The zero-order valence-electron chi connectivity index (χ0n) is 11.2. The molecule has 0 amide bonds. The van der Waals surface area contributed by atoms with E-state index in [0.717, 1.165) is 16.3 Å². The summed E-state index contributed by atoms with van der Waals surface area (Å²) in [5, 5.41) is 6.64. The third-order valence-corrected chi connectivity index (χ3v) is 3.87. The van der Waals surface area contributed by atoms with E-state index in [1.807, 2.05) is 17.5 Å². The van der Waals surface area contributed by atoms with Gasteiger partial charge in [0.05, 0.1) is 12.2 Å². The molecule has 0 radical (unpaired) electrons. The van der Waals surface area contributed by atoms with Crippen LogP contribution >= 0.6 is 22.9 Å². The molecule has 0 aliphatic rings. The summed E-state index contributed by atoms with van der Waals surface area (Å²) in [5.74, 6) is 1.34. The van der Waals surface area contributed by atoms with Crippen LogP contribution < -0.4 is 5.32 Å². The quantitative estimate of drug-likeness (QED) is 0.745. The maximum Gasteiger partial charge on any atom is 0.134 e. The number of pyridine rings is 1. The van der Waals surface area contributed by atoms with Gasteiger partial charge in [-0.05, 0) is 19.1 Å². The molecule has 3 aromatic heterocycles. The Morgan fingerprint density at radius 1 is 1.19 bits per heavy atom. The standard InChI is InChI=1S/C14H12ClN5S/c1-9-18-12(15)6-13(19-9)17-7-11-8-21-14(20-11)10-2-4-16-5-3-10/h2-6,8H,7H2,1H3,(H,17,18,19). The van der Waals surface area contributed by atoms with Gasteiger partial charge in [0.1, 0.15) is 21.8 Å². The summed E-state index contributed by atoms with van der Waals surface area (Å²) < 4.78 is 0. The van der Waals surface area contributed by atoms with Crippen LogP contribution in [0.25, 0.3) is 10.6 Å². The van der Waals surface area contributed by atoms with Crippen LogP contribution in [0.4, 0.5) is 5.82 Å². The van der Waals surface area contributed by atoms with Gasteiger partial charge in [0, 0.05) is 29.4 Å². The van der Waals surface area contributed by atoms with Gasteiger partial charge in [-0.15, -0.1) is 11.3 Å². The highest BCUT2D eigenvalue weighted by atomic mass is 35.5. The third kappa shape index (κ3) is 3.53. The predicted octanol–water partition coefficient (Wildman–Crippen LogP) is 3.57. The third-order valence-electron chi connectivity index (χ3n) is 2.74. The minimum Gasteiger partial charge on any atom is -0.364 e. The summed E-state index contributed by atoms with van der Waals surface area (Å²) in [6, 6.07) is 5.60. The average molecular weight is 318 g/mol. The highest BCUT2D eigenvalue weighted by molar-refractivity contribution is 7.13. The Labute approximate surface area is 131 Å². The molecule has 3 heterocycles. The zero-order chi connectivity index (χ0) is 14.7. The van der Waals surface area contributed by atoms with Crippen LogP contribution in [0.3, 0.4) is 0 Å². The van der Waals surface area contributed by atoms with Crippen molar-refractivity contribution in [2.75, 3.05) is 5.32 Å². The van der Waals surface area contributed by atoms with Gasteiger partial charge in [-0.3, -0.25) is 4.98 Å². The van der Waals surface area contributed by atoms with Gasteiger partial charge in [0.2, 0.25) is 0 Å². The molecule has 7 heteroatoms. The van der Waals surface area contributed by atoms with E-state index in [9.17, 15) is 0 Å². The second kappa shape index (κ2) is 6.15. The van der Waals surface area contributed by atoms with Gasteiger partial charge in [0.25, 0.3) is 0 Å². The van der Waals surface area contributed by atoms with Crippen molar-refractivity contribution in [3.8, 4) is 10.6 Å². The monoisotopic (exact) mass is 317 g/mol. The lowest BCUT2D eigenvalue weighted by molar-refractivity contribution is 1.01. The second-order valence-electron chi connectivity index (χ2n) is 4.36. The molecule has 0 aliphatic carbocycles. The van der Waals surface area contributed by atoms with Crippen molar-refractivity contribution in [1.82, 2.24) is 19.9 Å². The minimum atomic E-state index is 0.431. The number of hydrogen-bond acceptors (Lipinski definition) is 6. The summed E-state index contributed by atoms with van der Waals surface area (Å²) >= 11 is 7.51. The van der Waals surface area contributed by atoms with Crippen molar-refractivity contribution in [2.24, 2.45) is 0 Å².